The van der Waals surface area contributed by atoms with Crippen molar-refractivity contribution in [2.45, 2.75) is 55.2 Å². The Hall–Kier alpha value is 0.200. The molecule has 3 N–H and O–H groups in total. The van der Waals surface area contributed by atoms with Crippen LogP contribution in [0.15, 0.2) is 0 Å². The molecule has 0 aromatic rings. The van der Waals surface area contributed by atoms with E-state index in [0.717, 1.165) is 32.2 Å². The zero-order chi connectivity index (χ0) is 15.6. The summed E-state index contributed by atoms with van der Waals surface area (Å²) in [5.41, 5.74) is 6.12. The molecule has 21 heavy (non-hydrogen) atoms. The Kier molecular flexibility index (Phi) is 6.39. The van der Waals surface area contributed by atoms with Crippen LogP contribution < -0.4 is 5.73 Å². The Balaban J connectivity index is 1.88. The number of carbonyl (C=O) groups excluding carboxylic acids is 1. The van der Waals surface area contributed by atoms with E-state index in [1.54, 1.807) is 0 Å². The average molecular weight is 410 g/mol. The van der Waals surface area contributed by atoms with Crippen LogP contribution in [0.3, 0.4) is 0 Å². The van der Waals surface area contributed by atoms with E-state index in [9.17, 15) is 15.2 Å². The molecule has 6 nitrogen and oxygen atoms in total. The number of nitrogens with two attached hydrogens (primary N) is 1. The predicted octanol–water partition coefficient (Wildman–Crippen LogP) is 1.73. The van der Waals surface area contributed by atoms with Gasteiger partial charge in [-0.1, -0.05) is 29.5 Å². The number of hydroxylamine groups is 2. The van der Waals surface area contributed by atoms with E-state index in [0.29, 0.717) is 18.9 Å². The van der Waals surface area contributed by atoms with Gasteiger partial charge in [0.05, 0.1) is 12.7 Å². The third-order valence-electron chi connectivity index (χ3n) is 4.85. The molecule has 5 atom stereocenters. The number of likely N-dealkylation sites (tertiary alicyclic amines) is 1. The summed E-state index contributed by atoms with van der Waals surface area (Å²) >= 11 is 2.18. The van der Waals surface area contributed by atoms with Crippen LogP contribution >= 0.6 is 22.6 Å². The molecule has 1 saturated heterocycles. The molecule has 122 valence electrons. The largest absolute Gasteiger partial charge is 0.762 e. The number of hydrogen-bond acceptors (Lipinski definition) is 6. The van der Waals surface area contributed by atoms with Crippen molar-refractivity contribution in [3.63, 3.8) is 0 Å². The van der Waals surface area contributed by atoms with Crippen LogP contribution in [0.4, 0.5) is 0 Å². The van der Waals surface area contributed by atoms with Crippen LogP contribution in [0.1, 0.15) is 39.0 Å². The molecule has 1 saturated carbocycles. The van der Waals surface area contributed by atoms with Crippen LogP contribution in [-0.2, 0) is 4.79 Å². The molecular formula is C14H25IN3O3-. The molecule has 2 rings (SSSR count). The second-order valence-corrected chi connectivity index (χ2v) is 8.13. The van der Waals surface area contributed by atoms with Crippen molar-refractivity contribution in [2.24, 2.45) is 17.6 Å². The summed E-state index contributed by atoms with van der Waals surface area (Å²) < 4.78 is 0.104. The molecular weight excluding hydrogens is 385 g/mol. The first-order valence-electron chi connectivity index (χ1n) is 7.70. The SMILES string of the molecule is CC1CCN(CC(=O)C2CCC(I)C(N([O-])O)C2)C(N)C1. The van der Waals surface area contributed by atoms with Crippen molar-refractivity contribution in [3.8, 4) is 0 Å². The van der Waals surface area contributed by atoms with Crippen molar-refractivity contribution >= 4 is 28.4 Å². The molecule has 2 aliphatic rings. The number of nitrogens with zero attached hydrogens (tertiary/aromatic N) is 2. The molecule has 1 heterocycles. The second-order valence-electron chi connectivity index (χ2n) is 6.53. The molecule has 1 aliphatic carbocycles. The summed E-state index contributed by atoms with van der Waals surface area (Å²) in [5.74, 6) is 0.653. The van der Waals surface area contributed by atoms with Crippen molar-refractivity contribution in [1.29, 1.82) is 0 Å². The van der Waals surface area contributed by atoms with Gasteiger partial charge in [-0.2, -0.15) is 0 Å². The molecule has 0 aromatic carbocycles. The standard InChI is InChI=1S/C14H25IN3O3/c1-9-4-5-17(14(16)6-9)8-13(19)10-2-3-11(15)12(7-10)18(20)21/h9-12,14,20H,2-8,16H2,1H3/q-1. The lowest BCUT2D eigenvalue weighted by atomic mass is 9.83. The van der Waals surface area contributed by atoms with Crippen LogP contribution in [0.2, 0.25) is 0 Å². The molecule has 0 aromatic heterocycles. The topological polar surface area (TPSA) is 92.9 Å². The van der Waals surface area contributed by atoms with Gasteiger partial charge >= 0.3 is 0 Å². The van der Waals surface area contributed by atoms with E-state index in [1.165, 1.54) is 0 Å². The minimum absolute atomic E-state index is 0.0326. The summed E-state index contributed by atoms with van der Waals surface area (Å²) in [6.07, 6.45) is 4.02. The zero-order valence-corrected chi connectivity index (χ0v) is 14.6. The van der Waals surface area contributed by atoms with Gasteiger partial charge < -0.3 is 16.1 Å². The number of rotatable bonds is 4. The fourth-order valence-corrected chi connectivity index (χ4v) is 4.32. The van der Waals surface area contributed by atoms with Crippen molar-refractivity contribution in [3.05, 3.63) is 5.21 Å². The molecule has 1 aliphatic heterocycles. The fraction of sp³-hybridized carbons (Fsp3) is 0.929. The smallest absolute Gasteiger partial charge is 0.150 e. The summed E-state index contributed by atoms with van der Waals surface area (Å²) in [6.45, 7) is 3.43. The Morgan fingerprint density at radius 3 is 2.76 bits per heavy atom. The van der Waals surface area contributed by atoms with Crippen molar-refractivity contribution < 1.29 is 10.0 Å². The first-order valence-corrected chi connectivity index (χ1v) is 8.94. The summed E-state index contributed by atoms with van der Waals surface area (Å²) in [7, 11) is 0. The van der Waals surface area contributed by atoms with Gasteiger partial charge in [-0.25, -0.2) is 0 Å². The summed E-state index contributed by atoms with van der Waals surface area (Å²) in [6, 6.07) is -0.469. The highest BCUT2D eigenvalue weighted by Crippen LogP contribution is 2.33. The van der Waals surface area contributed by atoms with Gasteiger partial charge in [0.1, 0.15) is 5.78 Å². The van der Waals surface area contributed by atoms with Crippen molar-refractivity contribution in [1.82, 2.24) is 10.1 Å². The first-order chi connectivity index (χ1) is 9.88. The first kappa shape index (κ1) is 17.6. The number of ketones is 1. The van der Waals surface area contributed by atoms with Crippen LogP contribution in [0, 0.1) is 17.0 Å². The normalized spacial score (nSPS) is 38.7. The molecule has 2 fully saturated rings. The number of Topliss-reactive ketones (excluding diaryl/α,β-unsaturated/α-hetero) is 1. The predicted molar refractivity (Wildman–Crippen MR) is 88.9 cm³/mol. The Morgan fingerprint density at radius 1 is 1.43 bits per heavy atom. The van der Waals surface area contributed by atoms with Gasteiger partial charge in [-0.15, -0.1) is 0 Å². The van der Waals surface area contributed by atoms with E-state index >= 15 is 0 Å². The number of hydrogen-bond donors (Lipinski definition) is 2. The van der Waals surface area contributed by atoms with E-state index in [-0.39, 0.29) is 27.0 Å². The molecule has 0 amide bonds. The highest BCUT2D eigenvalue weighted by Gasteiger charge is 2.34. The lowest BCUT2D eigenvalue weighted by molar-refractivity contribution is -0.130. The number of carbonyl (C=O) groups is 1. The van der Waals surface area contributed by atoms with E-state index < -0.39 is 6.04 Å². The zero-order valence-electron chi connectivity index (χ0n) is 12.4. The summed E-state index contributed by atoms with van der Waals surface area (Å²) in [5, 5.41) is 20.4. The highest BCUT2D eigenvalue weighted by molar-refractivity contribution is 14.1. The molecule has 0 bridgehead atoms. The second kappa shape index (κ2) is 7.65. The van der Waals surface area contributed by atoms with Gasteiger partial charge in [-0.3, -0.25) is 14.9 Å². The Bertz CT molecular complexity index is 369. The molecule has 0 spiro atoms. The number of alkyl halides is 1. The monoisotopic (exact) mass is 410 g/mol. The minimum atomic E-state index is -0.469. The number of piperidine rings is 1. The lowest BCUT2D eigenvalue weighted by Crippen LogP contribution is -2.51. The van der Waals surface area contributed by atoms with Crippen LogP contribution in [0.5, 0.6) is 0 Å². The minimum Gasteiger partial charge on any atom is -0.762 e. The lowest BCUT2D eigenvalue weighted by Gasteiger charge is -2.41. The Morgan fingerprint density at radius 2 is 2.14 bits per heavy atom. The van der Waals surface area contributed by atoms with Gasteiger partial charge in [0, 0.05) is 22.4 Å². The van der Waals surface area contributed by atoms with Crippen LogP contribution in [0.25, 0.3) is 0 Å². The van der Waals surface area contributed by atoms with Gasteiger partial charge in [0.2, 0.25) is 0 Å². The number of halogens is 1. The molecule has 7 heteroatoms. The average Bonchev–Trinajstić information content (AvgIpc) is 2.42. The third-order valence-corrected chi connectivity index (χ3v) is 6.31. The summed E-state index contributed by atoms with van der Waals surface area (Å²) in [4.78, 5) is 14.5. The van der Waals surface area contributed by atoms with E-state index in [1.807, 2.05) is 0 Å². The van der Waals surface area contributed by atoms with Gasteiger partial charge in [-0.05, 0) is 38.0 Å². The van der Waals surface area contributed by atoms with E-state index in [4.69, 9.17) is 5.73 Å². The third kappa shape index (κ3) is 4.59. The molecule has 5 unspecified atom stereocenters. The quantitative estimate of drug-likeness (QED) is 0.417. The van der Waals surface area contributed by atoms with Crippen LogP contribution in [-0.4, -0.2) is 50.3 Å². The van der Waals surface area contributed by atoms with Gasteiger partial charge in [0.25, 0.3) is 0 Å². The highest BCUT2D eigenvalue weighted by atomic mass is 127. The van der Waals surface area contributed by atoms with E-state index in [2.05, 4.69) is 34.4 Å². The fourth-order valence-electron chi connectivity index (χ4n) is 3.39. The maximum atomic E-state index is 12.5. The molecule has 0 radical (unpaired) electrons. The maximum absolute atomic E-state index is 12.5. The maximum Gasteiger partial charge on any atom is 0.150 e. The van der Waals surface area contributed by atoms with Crippen molar-refractivity contribution in [2.75, 3.05) is 13.1 Å². The Labute approximate surface area is 139 Å². The van der Waals surface area contributed by atoms with Gasteiger partial charge in [0.15, 0.2) is 0 Å².